The van der Waals surface area contributed by atoms with Crippen molar-refractivity contribution in [1.29, 1.82) is 0 Å². The lowest BCUT2D eigenvalue weighted by atomic mass is 10.1. The van der Waals surface area contributed by atoms with Crippen molar-refractivity contribution in [3.05, 3.63) is 42.5 Å². The van der Waals surface area contributed by atoms with Gasteiger partial charge in [0.15, 0.2) is 5.78 Å². The molecular formula is C15H19N3O. The van der Waals surface area contributed by atoms with Crippen LogP contribution in [0.1, 0.15) is 23.7 Å². The van der Waals surface area contributed by atoms with Crippen molar-refractivity contribution in [3.63, 3.8) is 0 Å². The SMILES string of the molecule is CCCn1cc(C(=O)C=CN(C)C)c2ccncc21. The maximum atomic E-state index is 12.2. The van der Waals surface area contributed by atoms with Crippen LogP contribution in [0.5, 0.6) is 0 Å². The Kier molecular flexibility index (Phi) is 4.00. The molecule has 4 heteroatoms. The number of nitrogens with zero attached hydrogens (tertiary/aromatic N) is 3. The largest absolute Gasteiger partial charge is 0.383 e. The fraction of sp³-hybridized carbons (Fsp3) is 0.333. The van der Waals surface area contributed by atoms with E-state index in [1.807, 2.05) is 37.5 Å². The van der Waals surface area contributed by atoms with E-state index in [0.29, 0.717) is 0 Å². The van der Waals surface area contributed by atoms with Crippen molar-refractivity contribution in [2.75, 3.05) is 14.1 Å². The van der Waals surface area contributed by atoms with E-state index in [9.17, 15) is 4.79 Å². The number of hydrogen-bond donors (Lipinski definition) is 0. The van der Waals surface area contributed by atoms with Gasteiger partial charge in [-0.1, -0.05) is 6.92 Å². The first kappa shape index (κ1) is 13.3. The number of allylic oxidation sites excluding steroid dienone is 1. The van der Waals surface area contributed by atoms with Crippen molar-refractivity contribution in [2.24, 2.45) is 0 Å². The van der Waals surface area contributed by atoms with Crippen molar-refractivity contribution in [2.45, 2.75) is 19.9 Å². The molecule has 0 aliphatic carbocycles. The Bertz CT molecular complexity index is 611. The van der Waals surface area contributed by atoms with E-state index < -0.39 is 0 Å². The van der Waals surface area contributed by atoms with E-state index in [2.05, 4.69) is 16.5 Å². The van der Waals surface area contributed by atoms with Crippen LogP contribution in [0.4, 0.5) is 0 Å². The Morgan fingerprint density at radius 2 is 2.26 bits per heavy atom. The molecule has 0 aromatic carbocycles. The Balaban J connectivity index is 2.46. The number of carbonyl (C=O) groups excluding carboxylic acids is 1. The maximum absolute atomic E-state index is 12.2. The van der Waals surface area contributed by atoms with Gasteiger partial charge in [0.05, 0.1) is 11.7 Å². The molecule has 0 radical (unpaired) electrons. The van der Waals surface area contributed by atoms with Gasteiger partial charge in [0.2, 0.25) is 0 Å². The summed E-state index contributed by atoms with van der Waals surface area (Å²) in [6.45, 7) is 3.02. The number of pyridine rings is 1. The van der Waals surface area contributed by atoms with Gasteiger partial charge in [-0.2, -0.15) is 0 Å². The third-order valence-electron chi connectivity index (χ3n) is 2.94. The molecular weight excluding hydrogens is 238 g/mol. The summed E-state index contributed by atoms with van der Waals surface area (Å²) in [6, 6.07) is 1.90. The quantitative estimate of drug-likeness (QED) is 0.610. The van der Waals surface area contributed by atoms with Gasteiger partial charge in [-0.3, -0.25) is 9.78 Å². The van der Waals surface area contributed by atoms with Crippen LogP contribution in [0.25, 0.3) is 10.9 Å². The first-order valence-corrected chi connectivity index (χ1v) is 6.45. The highest BCUT2D eigenvalue weighted by Gasteiger charge is 2.12. The number of rotatable bonds is 5. The van der Waals surface area contributed by atoms with Gasteiger partial charge in [-0.25, -0.2) is 0 Å². The second-order valence-electron chi connectivity index (χ2n) is 4.77. The number of fused-ring (bicyclic) bond motifs is 1. The van der Waals surface area contributed by atoms with Gasteiger partial charge in [0, 0.05) is 56.3 Å². The van der Waals surface area contributed by atoms with Gasteiger partial charge in [-0.15, -0.1) is 0 Å². The summed E-state index contributed by atoms with van der Waals surface area (Å²) in [7, 11) is 3.79. The molecule has 2 aromatic rings. The highest BCUT2D eigenvalue weighted by molar-refractivity contribution is 6.13. The minimum Gasteiger partial charge on any atom is -0.383 e. The molecule has 2 heterocycles. The average Bonchev–Trinajstić information content (AvgIpc) is 2.76. The normalized spacial score (nSPS) is 11.3. The van der Waals surface area contributed by atoms with E-state index in [1.54, 1.807) is 18.5 Å². The van der Waals surface area contributed by atoms with Crippen LogP contribution in [-0.2, 0) is 6.54 Å². The van der Waals surface area contributed by atoms with Gasteiger partial charge >= 0.3 is 0 Å². The van der Waals surface area contributed by atoms with Crippen molar-refractivity contribution >= 4 is 16.7 Å². The predicted octanol–water partition coefficient (Wildman–Crippen LogP) is 2.70. The standard InChI is InChI=1S/C15H19N3O/c1-4-8-18-11-13(15(19)6-9-17(2)3)12-5-7-16-10-14(12)18/h5-7,9-11H,4,8H2,1-3H3. The lowest BCUT2D eigenvalue weighted by Gasteiger charge is -2.02. The maximum Gasteiger partial charge on any atom is 0.189 e. The Morgan fingerprint density at radius 3 is 2.95 bits per heavy atom. The minimum absolute atomic E-state index is 0.0275. The fourth-order valence-corrected chi connectivity index (χ4v) is 2.07. The Hall–Kier alpha value is -2.10. The molecule has 0 N–H and O–H groups in total. The highest BCUT2D eigenvalue weighted by atomic mass is 16.1. The zero-order valence-electron chi connectivity index (χ0n) is 11.6. The first-order valence-electron chi connectivity index (χ1n) is 6.45. The monoisotopic (exact) mass is 257 g/mol. The van der Waals surface area contributed by atoms with Crippen LogP contribution in [0.3, 0.4) is 0 Å². The first-order chi connectivity index (χ1) is 9.13. The van der Waals surface area contributed by atoms with E-state index in [4.69, 9.17) is 0 Å². The topological polar surface area (TPSA) is 38.1 Å². The van der Waals surface area contributed by atoms with Gasteiger partial charge in [0.1, 0.15) is 0 Å². The number of aryl methyl sites for hydroxylation is 1. The summed E-state index contributed by atoms with van der Waals surface area (Å²) in [6.07, 6.45) is 9.87. The summed E-state index contributed by atoms with van der Waals surface area (Å²) < 4.78 is 2.10. The molecule has 4 nitrogen and oxygen atoms in total. The number of hydrogen-bond acceptors (Lipinski definition) is 3. The summed E-state index contributed by atoms with van der Waals surface area (Å²) in [5, 5.41) is 0.969. The molecule has 19 heavy (non-hydrogen) atoms. The molecule has 0 unspecified atom stereocenters. The third-order valence-corrected chi connectivity index (χ3v) is 2.94. The zero-order chi connectivity index (χ0) is 13.8. The molecule has 0 aliphatic heterocycles. The van der Waals surface area contributed by atoms with Gasteiger partial charge in [0.25, 0.3) is 0 Å². The van der Waals surface area contributed by atoms with E-state index in [-0.39, 0.29) is 5.78 Å². The number of carbonyl (C=O) groups is 1. The molecule has 0 spiro atoms. The molecule has 0 fully saturated rings. The van der Waals surface area contributed by atoms with Crippen LogP contribution < -0.4 is 0 Å². The van der Waals surface area contributed by atoms with E-state index in [1.165, 1.54) is 0 Å². The van der Waals surface area contributed by atoms with Crippen LogP contribution in [0.2, 0.25) is 0 Å². The fourth-order valence-electron chi connectivity index (χ4n) is 2.07. The van der Waals surface area contributed by atoms with Crippen LogP contribution >= 0.6 is 0 Å². The van der Waals surface area contributed by atoms with E-state index >= 15 is 0 Å². The second-order valence-corrected chi connectivity index (χ2v) is 4.77. The lowest BCUT2D eigenvalue weighted by Crippen LogP contribution is -2.03. The summed E-state index contributed by atoms with van der Waals surface area (Å²) in [5.41, 5.74) is 1.76. The molecule has 0 bridgehead atoms. The highest BCUT2D eigenvalue weighted by Crippen LogP contribution is 2.21. The van der Waals surface area contributed by atoms with Crippen LogP contribution in [-0.4, -0.2) is 34.3 Å². The molecule has 0 saturated carbocycles. The smallest absolute Gasteiger partial charge is 0.189 e. The van der Waals surface area contributed by atoms with Crippen LogP contribution in [0.15, 0.2) is 36.9 Å². The number of ketones is 1. The third kappa shape index (κ3) is 2.84. The van der Waals surface area contributed by atoms with Crippen molar-refractivity contribution < 1.29 is 4.79 Å². The second kappa shape index (κ2) is 5.69. The molecule has 0 aliphatic rings. The number of aromatic nitrogens is 2. The lowest BCUT2D eigenvalue weighted by molar-refractivity contribution is 0.104. The van der Waals surface area contributed by atoms with Gasteiger partial charge in [-0.05, 0) is 12.5 Å². The Labute approximate surface area is 113 Å². The Morgan fingerprint density at radius 1 is 1.47 bits per heavy atom. The summed E-state index contributed by atoms with van der Waals surface area (Å²) in [4.78, 5) is 18.2. The zero-order valence-corrected chi connectivity index (χ0v) is 11.6. The van der Waals surface area contributed by atoms with Gasteiger partial charge < -0.3 is 9.47 Å². The molecule has 0 saturated heterocycles. The summed E-state index contributed by atoms with van der Waals surface area (Å²) >= 11 is 0. The summed E-state index contributed by atoms with van der Waals surface area (Å²) in [5.74, 6) is 0.0275. The molecule has 100 valence electrons. The molecule has 2 aromatic heterocycles. The average molecular weight is 257 g/mol. The van der Waals surface area contributed by atoms with E-state index in [0.717, 1.165) is 29.4 Å². The minimum atomic E-state index is 0.0275. The predicted molar refractivity (Wildman–Crippen MR) is 77.2 cm³/mol. The molecule has 2 rings (SSSR count). The van der Waals surface area contributed by atoms with Crippen molar-refractivity contribution in [3.8, 4) is 0 Å². The molecule has 0 amide bonds. The molecule has 0 atom stereocenters. The van der Waals surface area contributed by atoms with Crippen molar-refractivity contribution in [1.82, 2.24) is 14.5 Å². The van der Waals surface area contributed by atoms with Crippen LogP contribution in [0, 0.1) is 0 Å².